The van der Waals surface area contributed by atoms with Crippen molar-refractivity contribution in [2.45, 2.75) is 70.1 Å². The van der Waals surface area contributed by atoms with E-state index in [1.807, 2.05) is 0 Å². The SMILES string of the molecule is COc1cc(OC)c2oc(COC(=O)Nc3ccn([C@@H]4OC(COP(=O)(N[C@@H](C)C(=O)OCc5ccccc5)N[C@@H](C)C(=O)OCc5ccccc5)[C@@H](O)C4(F)F)c(=O)n3)cc2c1. The maximum absolute atomic E-state index is 15.6. The highest BCUT2D eigenvalue weighted by Crippen LogP contribution is 2.45. The van der Waals surface area contributed by atoms with Crippen molar-refractivity contribution in [1.29, 1.82) is 0 Å². The minimum atomic E-state index is -4.60. The number of nitrogens with zero attached hydrogens (tertiary/aromatic N) is 2. The van der Waals surface area contributed by atoms with Crippen LogP contribution in [0.1, 0.15) is 37.0 Å². The molecule has 1 aliphatic heterocycles. The van der Waals surface area contributed by atoms with Crippen molar-refractivity contribution in [2.75, 3.05) is 26.1 Å². The number of anilines is 1. The van der Waals surface area contributed by atoms with Gasteiger partial charge in [0.1, 0.15) is 48.7 Å². The number of methoxy groups -OCH3 is 2. The highest BCUT2D eigenvalue weighted by molar-refractivity contribution is 7.54. The molecule has 0 spiro atoms. The van der Waals surface area contributed by atoms with Crippen LogP contribution in [0, 0.1) is 0 Å². The number of halogens is 2. The molecule has 2 aromatic heterocycles. The number of aliphatic hydroxyl groups excluding tert-OH is 1. The van der Waals surface area contributed by atoms with Gasteiger partial charge in [-0.15, -0.1) is 0 Å². The van der Waals surface area contributed by atoms with Crippen LogP contribution in [0.5, 0.6) is 11.5 Å². The summed E-state index contributed by atoms with van der Waals surface area (Å²) < 4.78 is 88.9. The Morgan fingerprint density at radius 2 is 1.48 bits per heavy atom. The van der Waals surface area contributed by atoms with Gasteiger partial charge in [0.15, 0.2) is 24.0 Å². The molecule has 5 aromatic rings. The predicted octanol–water partition coefficient (Wildman–Crippen LogP) is 5.22. The van der Waals surface area contributed by atoms with Crippen molar-refractivity contribution in [1.82, 2.24) is 19.7 Å². The lowest BCUT2D eigenvalue weighted by Crippen LogP contribution is -2.44. The van der Waals surface area contributed by atoms with Crippen molar-refractivity contribution >= 4 is 42.5 Å². The average Bonchev–Trinajstić information content (AvgIpc) is 3.79. The second-order valence-electron chi connectivity index (χ2n) is 14.0. The van der Waals surface area contributed by atoms with Gasteiger partial charge in [0.05, 0.1) is 20.8 Å². The number of esters is 2. The maximum atomic E-state index is 15.6. The van der Waals surface area contributed by atoms with E-state index in [0.717, 1.165) is 12.3 Å². The number of furan rings is 1. The van der Waals surface area contributed by atoms with E-state index in [1.165, 1.54) is 28.1 Å². The van der Waals surface area contributed by atoms with Gasteiger partial charge in [0.2, 0.25) is 6.23 Å². The van der Waals surface area contributed by atoms with Crippen molar-refractivity contribution in [3.05, 3.63) is 118 Å². The first-order valence-corrected chi connectivity index (χ1v) is 20.8. The van der Waals surface area contributed by atoms with E-state index in [9.17, 15) is 28.8 Å². The number of aliphatic hydroxyl groups is 1. The van der Waals surface area contributed by atoms with E-state index in [0.29, 0.717) is 38.2 Å². The summed E-state index contributed by atoms with van der Waals surface area (Å²) in [5.74, 6) is -5.15. The fraction of sp³-hybridized carbons (Fsp3) is 0.341. The summed E-state index contributed by atoms with van der Waals surface area (Å²) in [4.78, 5) is 55.0. The Morgan fingerprint density at radius 1 is 0.873 bits per heavy atom. The number of rotatable bonds is 19. The number of ether oxygens (including phenoxy) is 6. The van der Waals surface area contributed by atoms with E-state index in [1.54, 1.807) is 78.9 Å². The van der Waals surface area contributed by atoms with E-state index in [4.69, 9.17) is 37.4 Å². The number of benzene rings is 3. The largest absolute Gasteiger partial charge is 0.497 e. The van der Waals surface area contributed by atoms with Crippen LogP contribution in [0.2, 0.25) is 0 Å². The fourth-order valence-electron chi connectivity index (χ4n) is 6.15. The normalized spacial score (nSPS) is 18.0. The quantitative estimate of drug-likeness (QED) is 0.0472. The molecule has 336 valence electrons. The van der Waals surface area contributed by atoms with E-state index < -0.39 is 74.4 Å². The van der Waals surface area contributed by atoms with E-state index >= 15 is 8.78 Å². The molecule has 0 saturated carbocycles. The zero-order chi connectivity index (χ0) is 45.3. The third-order valence-electron chi connectivity index (χ3n) is 9.40. The van der Waals surface area contributed by atoms with Crippen LogP contribution < -0.4 is 30.7 Å². The highest BCUT2D eigenvalue weighted by Gasteiger charge is 2.60. The van der Waals surface area contributed by atoms with Gasteiger partial charge in [-0.25, -0.2) is 19.8 Å². The summed E-state index contributed by atoms with van der Waals surface area (Å²) in [5, 5.41) is 18.4. The minimum absolute atomic E-state index is 0.128. The summed E-state index contributed by atoms with van der Waals surface area (Å²) in [6.07, 6.45) is -7.23. The zero-order valence-corrected chi connectivity index (χ0v) is 35.1. The summed E-state index contributed by atoms with van der Waals surface area (Å²) in [5.41, 5.74) is 0.391. The molecule has 3 aromatic carbocycles. The predicted molar refractivity (Wildman–Crippen MR) is 218 cm³/mol. The molecule has 63 heavy (non-hydrogen) atoms. The number of carbonyl (C=O) groups excluding carboxylic acids is 3. The number of hydrogen-bond donors (Lipinski definition) is 4. The molecule has 0 aliphatic carbocycles. The van der Waals surface area contributed by atoms with Crippen LogP contribution >= 0.6 is 7.67 Å². The lowest BCUT2D eigenvalue weighted by molar-refractivity contribution is -0.147. The third kappa shape index (κ3) is 11.6. The molecule has 4 N–H and O–H groups in total. The van der Waals surface area contributed by atoms with Gasteiger partial charge in [-0.1, -0.05) is 60.7 Å². The molecule has 1 saturated heterocycles. The number of amides is 1. The molecular weight excluding hydrogens is 855 g/mol. The van der Waals surface area contributed by atoms with Crippen LogP contribution in [0.25, 0.3) is 11.0 Å². The minimum Gasteiger partial charge on any atom is -0.497 e. The first kappa shape index (κ1) is 46.3. The Kier molecular flexibility index (Phi) is 14.9. The standard InChI is InChI=1S/C41H44F2N5O14P/c1-24(36(50)57-20-26-11-7-5-8-12-26)46-63(54,47-25(2)37(51)58-21-27-13-9-6-10-14-27)60-23-32-35(49)41(42,43)38(62-32)48-16-15-33(44-39(48)52)45-40(53)59-22-30-18-28-17-29(55-3)19-31(56-4)34(28)61-30/h5-19,24-25,32,35,38,49H,20-23H2,1-4H3,(H2,46,47,54)(H,44,45,52,53)/t24-,25-,32?,35+,38+/m0/s1. The van der Waals surface area contributed by atoms with Gasteiger partial charge in [0.25, 0.3) is 0 Å². The first-order chi connectivity index (χ1) is 30.1. The molecular formula is C41H44F2N5O14P. The number of fused-ring (bicyclic) bond motifs is 1. The molecule has 19 nitrogen and oxygen atoms in total. The van der Waals surface area contributed by atoms with Gasteiger partial charge < -0.3 is 42.5 Å². The van der Waals surface area contributed by atoms with Crippen LogP contribution in [0.4, 0.5) is 19.4 Å². The zero-order valence-electron chi connectivity index (χ0n) is 34.2. The van der Waals surface area contributed by atoms with Crippen molar-refractivity contribution in [3.63, 3.8) is 0 Å². The van der Waals surface area contributed by atoms with Crippen molar-refractivity contribution < 1.29 is 70.2 Å². The number of aromatic nitrogens is 2. The smallest absolute Gasteiger partial charge is 0.413 e. The fourth-order valence-corrected chi connectivity index (χ4v) is 7.96. The molecule has 1 fully saturated rings. The number of carbonyl (C=O) groups is 3. The van der Waals surface area contributed by atoms with Crippen molar-refractivity contribution in [2.24, 2.45) is 0 Å². The van der Waals surface area contributed by atoms with Crippen LogP contribution in [0.15, 0.2) is 100 Å². The molecule has 5 atom stereocenters. The van der Waals surface area contributed by atoms with E-state index in [-0.39, 0.29) is 31.4 Å². The molecule has 3 heterocycles. The van der Waals surface area contributed by atoms with Gasteiger partial charge in [0, 0.05) is 17.6 Å². The van der Waals surface area contributed by atoms with Crippen LogP contribution in [-0.4, -0.2) is 83.7 Å². The number of hydrogen-bond acceptors (Lipinski definition) is 15. The Balaban J connectivity index is 1.09. The maximum Gasteiger partial charge on any atom is 0.413 e. The Morgan fingerprint density at radius 3 is 2.03 bits per heavy atom. The first-order valence-electron chi connectivity index (χ1n) is 19.2. The molecule has 0 radical (unpaired) electrons. The van der Waals surface area contributed by atoms with Gasteiger partial charge in [-0.2, -0.15) is 13.8 Å². The number of alkyl halides is 2. The average molecular weight is 900 g/mol. The lowest BCUT2D eigenvalue weighted by Gasteiger charge is -2.27. The van der Waals surface area contributed by atoms with Gasteiger partial charge >= 0.3 is 37.3 Å². The summed E-state index contributed by atoms with van der Waals surface area (Å²) in [6.45, 7) is 0.971. The second-order valence-corrected chi connectivity index (χ2v) is 15.9. The van der Waals surface area contributed by atoms with Crippen LogP contribution in [0.3, 0.4) is 0 Å². The molecule has 1 unspecified atom stereocenters. The topological polar surface area (TPSA) is 237 Å². The molecule has 1 aliphatic rings. The van der Waals surface area contributed by atoms with E-state index in [2.05, 4.69) is 20.5 Å². The Bertz CT molecular complexity index is 2420. The molecule has 6 rings (SSSR count). The van der Waals surface area contributed by atoms with Gasteiger partial charge in [-0.3, -0.25) is 24.0 Å². The molecule has 0 bridgehead atoms. The lowest BCUT2D eigenvalue weighted by atomic mass is 10.1. The Hall–Kier alpha value is -6.22. The summed E-state index contributed by atoms with van der Waals surface area (Å²) in [7, 11) is -1.67. The molecule has 22 heteroatoms. The second kappa shape index (κ2) is 20.3. The monoisotopic (exact) mass is 899 g/mol. The molecule has 1 amide bonds. The van der Waals surface area contributed by atoms with Gasteiger partial charge in [-0.05, 0) is 43.2 Å². The Labute approximate surface area is 358 Å². The number of nitrogens with one attached hydrogen (secondary N) is 3. The van der Waals surface area contributed by atoms with Crippen molar-refractivity contribution in [3.8, 4) is 11.5 Å². The van der Waals surface area contributed by atoms with Crippen LogP contribution in [-0.2, 0) is 57.4 Å². The summed E-state index contributed by atoms with van der Waals surface area (Å²) >= 11 is 0. The third-order valence-corrected chi connectivity index (χ3v) is 11.4. The highest BCUT2D eigenvalue weighted by atomic mass is 31.2. The summed E-state index contributed by atoms with van der Waals surface area (Å²) in [6, 6.07) is 20.6.